The Morgan fingerprint density at radius 1 is 1.03 bits per heavy atom. The number of fused-ring (bicyclic) bond motifs is 2. The van der Waals surface area contributed by atoms with Crippen LogP contribution in [-0.4, -0.2) is 35.1 Å². The topological polar surface area (TPSA) is 116 Å². The minimum Gasteiger partial charge on any atom is -0.326 e. The van der Waals surface area contributed by atoms with Crippen LogP contribution in [0.25, 0.3) is 10.9 Å². The molecule has 178 valence electrons. The number of H-pyrrole nitrogens is 1. The van der Waals surface area contributed by atoms with Crippen molar-refractivity contribution in [2.24, 2.45) is 0 Å². The molecule has 0 radical (unpaired) electrons. The van der Waals surface area contributed by atoms with Gasteiger partial charge in [0.05, 0.1) is 29.3 Å². The fourth-order valence-corrected chi connectivity index (χ4v) is 6.13. The molecule has 0 saturated heterocycles. The standard InChI is InChI=1S/C26H26N6O2S/c27-11-1-2-13-32(23-8-9-24-21(15-23)16-29-31-24)26-10-12-28-25(30-26)5-3-4-19-6-7-20-17-35(33,34)18-22(20)14-19/h6-10,12,14-16H,1-5,13,17-18H2,(H,29,31). The van der Waals surface area contributed by atoms with Crippen molar-refractivity contribution >= 4 is 32.2 Å². The van der Waals surface area contributed by atoms with Crippen LogP contribution >= 0.6 is 0 Å². The number of anilines is 2. The summed E-state index contributed by atoms with van der Waals surface area (Å²) in [7, 11) is -2.99. The van der Waals surface area contributed by atoms with E-state index in [4.69, 9.17) is 10.2 Å². The second kappa shape index (κ2) is 9.84. The maximum atomic E-state index is 11.9. The fraction of sp³-hybridized carbons (Fsp3) is 0.308. The Bertz CT molecular complexity index is 1510. The average molecular weight is 487 g/mol. The lowest BCUT2D eigenvalue weighted by Crippen LogP contribution is -2.20. The third kappa shape index (κ3) is 5.33. The molecule has 3 heterocycles. The number of aryl methyl sites for hydroxylation is 2. The molecule has 4 aromatic rings. The highest BCUT2D eigenvalue weighted by Gasteiger charge is 2.24. The summed E-state index contributed by atoms with van der Waals surface area (Å²) in [5.41, 5.74) is 4.97. The van der Waals surface area contributed by atoms with Crippen molar-refractivity contribution in [3.05, 3.63) is 77.4 Å². The maximum Gasteiger partial charge on any atom is 0.158 e. The molecule has 0 unspecified atom stereocenters. The summed E-state index contributed by atoms with van der Waals surface area (Å²) in [4.78, 5) is 11.4. The normalized spacial score (nSPS) is 14.0. The number of hydrogen-bond acceptors (Lipinski definition) is 7. The first-order valence-corrected chi connectivity index (χ1v) is 13.5. The number of benzene rings is 2. The quantitative estimate of drug-likeness (QED) is 0.349. The lowest BCUT2D eigenvalue weighted by Gasteiger charge is -2.24. The van der Waals surface area contributed by atoms with Crippen molar-refractivity contribution < 1.29 is 8.42 Å². The first kappa shape index (κ1) is 23.0. The van der Waals surface area contributed by atoms with Crippen LogP contribution in [0.5, 0.6) is 0 Å². The lowest BCUT2D eigenvalue weighted by molar-refractivity contribution is 0.598. The van der Waals surface area contributed by atoms with E-state index in [1.165, 1.54) is 0 Å². The molecule has 0 atom stereocenters. The van der Waals surface area contributed by atoms with Crippen molar-refractivity contribution in [1.29, 1.82) is 5.26 Å². The minimum absolute atomic E-state index is 0.146. The number of sulfone groups is 1. The molecule has 35 heavy (non-hydrogen) atoms. The molecule has 1 aliphatic rings. The number of unbranched alkanes of at least 4 members (excludes halogenated alkanes) is 1. The van der Waals surface area contributed by atoms with Crippen LogP contribution in [0, 0.1) is 11.3 Å². The van der Waals surface area contributed by atoms with Gasteiger partial charge < -0.3 is 4.90 Å². The molecule has 0 bridgehead atoms. The Morgan fingerprint density at radius 3 is 2.80 bits per heavy atom. The van der Waals surface area contributed by atoms with Crippen molar-refractivity contribution in [2.45, 2.75) is 43.6 Å². The summed E-state index contributed by atoms with van der Waals surface area (Å²) in [6, 6.07) is 16.2. The predicted molar refractivity (Wildman–Crippen MR) is 135 cm³/mol. The molecular formula is C26H26N6O2S. The molecule has 1 N–H and O–H groups in total. The molecule has 2 aromatic heterocycles. The van der Waals surface area contributed by atoms with Crippen molar-refractivity contribution in [2.75, 3.05) is 11.4 Å². The van der Waals surface area contributed by atoms with E-state index in [2.05, 4.69) is 32.2 Å². The van der Waals surface area contributed by atoms with Crippen LogP contribution in [0.2, 0.25) is 0 Å². The number of nitrogens with zero attached hydrogens (tertiary/aromatic N) is 5. The molecule has 0 fully saturated rings. The van der Waals surface area contributed by atoms with E-state index in [0.29, 0.717) is 13.0 Å². The largest absolute Gasteiger partial charge is 0.326 e. The maximum absolute atomic E-state index is 11.9. The van der Waals surface area contributed by atoms with Gasteiger partial charge >= 0.3 is 0 Å². The highest BCUT2D eigenvalue weighted by molar-refractivity contribution is 7.90. The van der Waals surface area contributed by atoms with Gasteiger partial charge in [0.25, 0.3) is 0 Å². The predicted octanol–water partition coefficient (Wildman–Crippen LogP) is 4.40. The average Bonchev–Trinajstić information content (AvgIpc) is 3.43. The van der Waals surface area contributed by atoms with E-state index in [1.54, 1.807) is 12.4 Å². The smallest absolute Gasteiger partial charge is 0.158 e. The van der Waals surface area contributed by atoms with E-state index < -0.39 is 9.84 Å². The van der Waals surface area contributed by atoms with Gasteiger partial charge in [0.15, 0.2) is 9.84 Å². The van der Waals surface area contributed by atoms with Crippen molar-refractivity contribution in [3.8, 4) is 6.07 Å². The first-order valence-electron chi connectivity index (χ1n) is 11.7. The van der Waals surface area contributed by atoms with Gasteiger partial charge in [0.1, 0.15) is 11.6 Å². The lowest BCUT2D eigenvalue weighted by atomic mass is 10.0. The fourth-order valence-electron chi connectivity index (χ4n) is 4.53. The van der Waals surface area contributed by atoms with Crippen LogP contribution in [0.3, 0.4) is 0 Å². The minimum atomic E-state index is -2.99. The third-order valence-corrected chi connectivity index (χ3v) is 7.76. The second-order valence-electron chi connectivity index (χ2n) is 8.87. The van der Waals surface area contributed by atoms with E-state index in [0.717, 1.165) is 70.6 Å². The molecule has 9 heteroatoms. The number of nitriles is 1. The van der Waals surface area contributed by atoms with Gasteiger partial charge in [0.2, 0.25) is 0 Å². The molecule has 0 spiro atoms. The Morgan fingerprint density at radius 2 is 1.91 bits per heavy atom. The number of aromatic nitrogens is 4. The van der Waals surface area contributed by atoms with Crippen LogP contribution in [0.15, 0.2) is 54.9 Å². The molecule has 0 aliphatic carbocycles. The van der Waals surface area contributed by atoms with Gasteiger partial charge in [-0.15, -0.1) is 0 Å². The molecule has 2 aromatic carbocycles. The van der Waals surface area contributed by atoms with Gasteiger partial charge in [-0.05, 0) is 60.2 Å². The van der Waals surface area contributed by atoms with Crippen LogP contribution in [-0.2, 0) is 34.2 Å². The summed E-state index contributed by atoms with van der Waals surface area (Å²) >= 11 is 0. The zero-order valence-corrected chi connectivity index (χ0v) is 20.1. The van der Waals surface area contributed by atoms with Gasteiger partial charge in [-0.1, -0.05) is 18.2 Å². The van der Waals surface area contributed by atoms with Gasteiger partial charge in [0, 0.05) is 36.7 Å². The molecule has 5 rings (SSSR count). The molecule has 8 nitrogen and oxygen atoms in total. The zero-order valence-electron chi connectivity index (χ0n) is 19.3. The van der Waals surface area contributed by atoms with Crippen LogP contribution in [0.4, 0.5) is 11.5 Å². The van der Waals surface area contributed by atoms with E-state index in [1.807, 2.05) is 36.4 Å². The van der Waals surface area contributed by atoms with Gasteiger partial charge in [-0.3, -0.25) is 5.10 Å². The first-order chi connectivity index (χ1) is 17.0. The number of nitrogens with one attached hydrogen (secondary N) is 1. The highest BCUT2D eigenvalue weighted by Crippen LogP contribution is 2.28. The van der Waals surface area contributed by atoms with Crippen molar-refractivity contribution in [1.82, 2.24) is 20.2 Å². The molecule has 1 aliphatic heterocycles. The Labute approximate surface area is 204 Å². The highest BCUT2D eigenvalue weighted by atomic mass is 32.2. The Balaban J connectivity index is 1.29. The van der Waals surface area contributed by atoms with Gasteiger partial charge in [-0.25, -0.2) is 18.4 Å². The summed E-state index contributed by atoms with van der Waals surface area (Å²) in [5.74, 6) is 1.87. The molecule has 0 amide bonds. The molecule has 0 saturated carbocycles. The summed E-state index contributed by atoms with van der Waals surface area (Å²) in [6.45, 7) is 0.672. The Hall–Kier alpha value is -3.77. The molecular weight excluding hydrogens is 460 g/mol. The zero-order chi connectivity index (χ0) is 24.3. The number of rotatable bonds is 9. The summed E-state index contributed by atoms with van der Waals surface area (Å²) < 4.78 is 23.8. The monoisotopic (exact) mass is 486 g/mol. The van der Waals surface area contributed by atoms with E-state index >= 15 is 0 Å². The number of aromatic amines is 1. The van der Waals surface area contributed by atoms with Gasteiger partial charge in [-0.2, -0.15) is 10.4 Å². The summed E-state index contributed by atoms with van der Waals surface area (Å²) in [6.07, 6.45) is 7.21. The third-order valence-electron chi connectivity index (χ3n) is 6.26. The second-order valence-corrected chi connectivity index (χ2v) is 10.9. The van der Waals surface area contributed by atoms with Crippen LogP contribution in [0.1, 0.15) is 41.8 Å². The Kier molecular flexibility index (Phi) is 6.47. The van der Waals surface area contributed by atoms with E-state index in [9.17, 15) is 8.42 Å². The summed E-state index contributed by atoms with van der Waals surface area (Å²) in [5, 5.41) is 17.1. The van der Waals surface area contributed by atoms with Crippen LogP contribution < -0.4 is 4.90 Å². The SMILES string of the molecule is N#CCCCN(c1ccc2[nH]ncc2c1)c1ccnc(CCCc2ccc3c(c2)CS(=O)(=O)C3)n1. The van der Waals surface area contributed by atoms with E-state index in [-0.39, 0.29) is 11.5 Å². The number of hydrogen-bond donors (Lipinski definition) is 1. The van der Waals surface area contributed by atoms with Crippen molar-refractivity contribution in [3.63, 3.8) is 0 Å².